The van der Waals surface area contributed by atoms with Crippen molar-refractivity contribution in [3.63, 3.8) is 0 Å². The van der Waals surface area contributed by atoms with Crippen LogP contribution in [0.4, 0.5) is 0 Å². The zero-order valence-corrected chi connectivity index (χ0v) is 14.4. The first-order valence-corrected chi connectivity index (χ1v) is 9.23. The van der Waals surface area contributed by atoms with E-state index in [0.29, 0.717) is 5.92 Å². The van der Waals surface area contributed by atoms with Gasteiger partial charge in [-0.05, 0) is 55.0 Å². The van der Waals surface area contributed by atoms with Gasteiger partial charge in [0.1, 0.15) is 11.5 Å². The first-order valence-electron chi connectivity index (χ1n) is 9.23. The number of fused-ring (bicyclic) bond motifs is 1. The van der Waals surface area contributed by atoms with E-state index in [1.165, 1.54) is 37.7 Å². The van der Waals surface area contributed by atoms with Crippen LogP contribution in [0.5, 0.6) is 11.5 Å². The van der Waals surface area contributed by atoms with E-state index in [4.69, 9.17) is 10.5 Å². The van der Waals surface area contributed by atoms with Crippen LogP contribution < -0.4 is 10.5 Å². The molecule has 25 heavy (non-hydrogen) atoms. The normalized spacial score (nSPS) is 16.8. The van der Waals surface area contributed by atoms with Crippen molar-refractivity contribution in [2.45, 2.75) is 44.6 Å². The van der Waals surface area contributed by atoms with Gasteiger partial charge in [0.25, 0.3) is 0 Å². The van der Waals surface area contributed by atoms with E-state index in [-0.39, 0.29) is 6.04 Å². The number of aromatic amines is 1. The highest BCUT2D eigenvalue weighted by Gasteiger charge is 2.20. The van der Waals surface area contributed by atoms with Crippen LogP contribution in [0.15, 0.2) is 48.8 Å². The number of nitrogens with two attached hydrogens (primary N) is 1. The van der Waals surface area contributed by atoms with E-state index in [1.807, 2.05) is 30.3 Å². The topological polar surface area (TPSA) is 63.9 Å². The molecule has 4 nitrogen and oxygen atoms in total. The third-order valence-corrected chi connectivity index (χ3v) is 5.28. The maximum Gasteiger partial charge on any atom is 0.129 e. The zero-order chi connectivity index (χ0) is 17.1. The summed E-state index contributed by atoms with van der Waals surface area (Å²) in [6.07, 6.45) is 9.28. The molecule has 1 saturated carbocycles. The highest BCUT2D eigenvalue weighted by molar-refractivity contribution is 5.76. The highest BCUT2D eigenvalue weighted by Crippen LogP contribution is 2.28. The molecule has 1 aromatic heterocycles. The molecule has 3 N–H and O–H groups in total. The largest absolute Gasteiger partial charge is 0.457 e. The molecular formula is C21H25N3O. The lowest BCUT2D eigenvalue weighted by molar-refractivity contribution is 0.303. The van der Waals surface area contributed by atoms with Gasteiger partial charge < -0.3 is 15.5 Å². The van der Waals surface area contributed by atoms with Crippen LogP contribution in [-0.4, -0.2) is 16.0 Å². The lowest BCUT2D eigenvalue weighted by atomic mass is 9.82. The molecule has 1 aliphatic carbocycles. The van der Waals surface area contributed by atoms with Crippen LogP contribution in [0.3, 0.4) is 0 Å². The van der Waals surface area contributed by atoms with Crippen LogP contribution in [0.1, 0.15) is 37.7 Å². The molecule has 4 heteroatoms. The number of nitrogens with zero attached hydrogens (tertiary/aromatic N) is 1. The Bertz CT molecular complexity index is 819. The third kappa shape index (κ3) is 3.85. The summed E-state index contributed by atoms with van der Waals surface area (Å²) in [5.41, 5.74) is 9.65. The summed E-state index contributed by atoms with van der Waals surface area (Å²) >= 11 is 0. The van der Waals surface area contributed by atoms with Crippen molar-refractivity contribution in [1.29, 1.82) is 0 Å². The number of aromatic nitrogens is 2. The van der Waals surface area contributed by atoms with Crippen molar-refractivity contribution < 1.29 is 4.74 Å². The summed E-state index contributed by atoms with van der Waals surface area (Å²) < 4.78 is 5.95. The number of rotatable bonds is 5. The Labute approximate surface area is 148 Å². The minimum absolute atomic E-state index is 0.273. The molecule has 0 radical (unpaired) electrons. The molecular weight excluding hydrogens is 310 g/mol. The Hall–Kier alpha value is -2.33. The summed E-state index contributed by atoms with van der Waals surface area (Å²) in [7, 11) is 0. The highest BCUT2D eigenvalue weighted by atomic mass is 16.5. The van der Waals surface area contributed by atoms with E-state index >= 15 is 0 Å². The Kier molecular flexibility index (Phi) is 4.70. The maximum atomic E-state index is 6.44. The number of hydrogen-bond donors (Lipinski definition) is 2. The standard InChI is InChI=1S/C21H25N3O/c22-19(16-4-2-1-3-5-16)12-15-6-8-17(9-7-15)25-18-10-11-20-21(13-18)24-14-23-20/h6-11,13-14,16,19H,1-5,12,22H2,(H,23,24). The quantitative estimate of drug-likeness (QED) is 0.703. The molecule has 0 spiro atoms. The van der Waals surface area contributed by atoms with Gasteiger partial charge in [-0.25, -0.2) is 4.98 Å². The molecule has 1 aliphatic rings. The molecule has 130 valence electrons. The molecule has 0 bridgehead atoms. The van der Waals surface area contributed by atoms with Crippen LogP contribution in [0.2, 0.25) is 0 Å². The van der Waals surface area contributed by atoms with Gasteiger partial charge in [0.15, 0.2) is 0 Å². The molecule has 2 aromatic carbocycles. The zero-order valence-electron chi connectivity index (χ0n) is 14.4. The summed E-state index contributed by atoms with van der Waals surface area (Å²) in [6, 6.07) is 14.5. The van der Waals surface area contributed by atoms with Gasteiger partial charge in [-0.15, -0.1) is 0 Å². The molecule has 3 aromatic rings. The monoisotopic (exact) mass is 335 g/mol. The van der Waals surface area contributed by atoms with Crippen molar-refractivity contribution in [2.24, 2.45) is 11.7 Å². The van der Waals surface area contributed by atoms with Gasteiger partial charge in [-0.2, -0.15) is 0 Å². The van der Waals surface area contributed by atoms with E-state index in [1.54, 1.807) is 6.33 Å². The molecule has 1 fully saturated rings. The number of benzene rings is 2. The van der Waals surface area contributed by atoms with Gasteiger partial charge in [-0.3, -0.25) is 0 Å². The summed E-state index contributed by atoms with van der Waals surface area (Å²) in [5, 5.41) is 0. The Morgan fingerprint density at radius 3 is 2.60 bits per heavy atom. The second-order valence-corrected chi connectivity index (χ2v) is 7.09. The fourth-order valence-electron chi connectivity index (χ4n) is 3.81. The van der Waals surface area contributed by atoms with Gasteiger partial charge in [0, 0.05) is 12.1 Å². The lowest BCUT2D eigenvalue weighted by Crippen LogP contribution is -2.33. The number of hydrogen-bond acceptors (Lipinski definition) is 3. The molecule has 1 heterocycles. The van der Waals surface area contributed by atoms with E-state index in [2.05, 4.69) is 22.1 Å². The third-order valence-electron chi connectivity index (χ3n) is 5.28. The van der Waals surface area contributed by atoms with Crippen LogP contribution >= 0.6 is 0 Å². The minimum atomic E-state index is 0.273. The Balaban J connectivity index is 1.39. The molecule has 1 atom stereocenters. The minimum Gasteiger partial charge on any atom is -0.457 e. The van der Waals surface area contributed by atoms with E-state index in [0.717, 1.165) is 29.0 Å². The van der Waals surface area contributed by atoms with Crippen molar-refractivity contribution >= 4 is 11.0 Å². The Morgan fingerprint density at radius 1 is 1.04 bits per heavy atom. The average molecular weight is 335 g/mol. The van der Waals surface area contributed by atoms with E-state index in [9.17, 15) is 0 Å². The maximum absolute atomic E-state index is 6.44. The lowest BCUT2D eigenvalue weighted by Gasteiger charge is -2.27. The van der Waals surface area contributed by atoms with Gasteiger partial charge in [-0.1, -0.05) is 31.4 Å². The van der Waals surface area contributed by atoms with Gasteiger partial charge in [0.05, 0.1) is 17.4 Å². The first kappa shape index (κ1) is 16.2. The Morgan fingerprint density at radius 2 is 1.80 bits per heavy atom. The predicted octanol–water partition coefficient (Wildman–Crippen LogP) is 4.81. The molecule has 0 saturated heterocycles. The molecule has 0 amide bonds. The summed E-state index contributed by atoms with van der Waals surface area (Å²) in [6.45, 7) is 0. The average Bonchev–Trinajstić information content (AvgIpc) is 3.12. The van der Waals surface area contributed by atoms with E-state index < -0.39 is 0 Å². The second-order valence-electron chi connectivity index (χ2n) is 7.09. The van der Waals surface area contributed by atoms with Crippen molar-refractivity contribution in [1.82, 2.24) is 9.97 Å². The first-order chi connectivity index (χ1) is 12.3. The van der Waals surface area contributed by atoms with Gasteiger partial charge >= 0.3 is 0 Å². The van der Waals surface area contributed by atoms with Crippen molar-refractivity contribution in [3.8, 4) is 11.5 Å². The summed E-state index contributed by atoms with van der Waals surface area (Å²) in [5.74, 6) is 2.34. The fourth-order valence-corrected chi connectivity index (χ4v) is 3.81. The number of ether oxygens (including phenoxy) is 1. The number of imidazole rings is 1. The van der Waals surface area contributed by atoms with Crippen molar-refractivity contribution in [2.75, 3.05) is 0 Å². The molecule has 1 unspecified atom stereocenters. The van der Waals surface area contributed by atoms with Crippen LogP contribution in [0.25, 0.3) is 11.0 Å². The second kappa shape index (κ2) is 7.28. The summed E-state index contributed by atoms with van der Waals surface area (Å²) in [4.78, 5) is 7.32. The molecule has 0 aliphatic heterocycles. The van der Waals surface area contributed by atoms with Gasteiger partial charge in [0.2, 0.25) is 0 Å². The number of H-pyrrole nitrogens is 1. The molecule has 4 rings (SSSR count). The van der Waals surface area contributed by atoms with Crippen LogP contribution in [0, 0.1) is 5.92 Å². The van der Waals surface area contributed by atoms with Crippen LogP contribution in [-0.2, 0) is 6.42 Å². The SMILES string of the molecule is NC(Cc1ccc(Oc2ccc3nc[nH]c3c2)cc1)C1CCCCC1. The number of nitrogens with one attached hydrogen (secondary N) is 1. The fraction of sp³-hybridized carbons (Fsp3) is 0.381. The predicted molar refractivity (Wildman–Crippen MR) is 101 cm³/mol. The van der Waals surface area contributed by atoms with Crippen molar-refractivity contribution in [3.05, 3.63) is 54.4 Å². The smallest absolute Gasteiger partial charge is 0.129 e.